The molecule has 1 heterocycles. The van der Waals surface area contributed by atoms with Gasteiger partial charge in [-0.1, -0.05) is 0 Å². The van der Waals surface area contributed by atoms with E-state index >= 15 is 0 Å². The van der Waals surface area contributed by atoms with Crippen molar-refractivity contribution in [3.8, 4) is 17.2 Å². The number of rotatable bonds is 44. The van der Waals surface area contributed by atoms with Gasteiger partial charge in [0.2, 0.25) is 0 Å². The van der Waals surface area contributed by atoms with E-state index in [1.165, 1.54) is 7.11 Å². The molecule has 0 amide bonds. The first kappa shape index (κ1) is 61.4. The fraction of sp³-hybridized carbons (Fsp3) is 0.623. The molecule has 0 unspecified atom stereocenters. The number of esters is 2. The van der Waals surface area contributed by atoms with Gasteiger partial charge in [-0.3, -0.25) is 4.79 Å². The van der Waals surface area contributed by atoms with Crippen LogP contribution in [0.25, 0.3) is 0 Å². The summed E-state index contributed by atoms with van der Waals surface area (Å²) in [6, 6.07) is 14.8. The van der Waals surface area contributed by atoms with E-state index in [1.807, 2.05) is 36.4 Å². The van der Waals surface area contributed by atoms with Gasteiger partial charge in [0.05, 0.1) is 158 Å². The minimum Gasteiger partial charge on any atom is -0.491 e. The number of carbonyl (C=O) groups is 2. The Morgan fingerprint density at radius 3 is 1.15 bits per heavy atom. The fourth-order valence-corrected chi connectivity index (χ4v) is 7.55. The van der Waals surface area contributed by atoms with Gasteiger partial charge >= 0.3 is 11.9 Å². The summed E-state index contributed by atoms with van der Waals surface area (Å²) in [6.45, 7) is 14.9. The number of benzene rings is 3. The smallest absolute Gasteiger partial charge is 0.337 e. The molecule has 0 radical (unpaired) electrons. The molecule has 1 aliphatic heterocycles. The first-order valence-electron chi connectivity index (χ1n) is 24.9. The highest BCUT2D eigenvalue weighted by Gasteiger charge is 2.37. The van der Waals surface area contributed by atoms with Crippen LogP contribution in [0, 0.1) is 13.8 Å². The van der Waals surface area contributed by atoms with Crippen molar-refractivity contribution in [2.45, 2.75) is 26.2 Å². The highest BCUT2D eigenvalue weighted by atomic mass is 32.1. The van der Waals surface area contributed by atoms with E-state index in [-0.39, 0.29) is 13.2 Å². The second-order valence-electron chi connectivity index (χ2n) is 16.3. The average molecular weight is 1050 g/mol. The molecule has 20 heteroatoms. The van der Waals surface area contributed by atoms with Crippen LogP contribution in [0.5, 0.6) is 17.2 Å². The van der Waals surface area contributed by atoms with Crippen LogP contribution >= 0.6 is 12.6 Å². The normalized spacial score (nSPS) is 12.2. The Hall–Kier alpha value is -4.13. The molecule has 73 heavy (non-hydrogen) atoms. The number of nitrogens with zero attached hydrogens (tertiary/aromatic N) is 1. The molecule has 0 aromatic heterocycles. The number of hydrogen-bond acceptors (Lipinski definition) is 20. The first-order chi connectivity index (χ1) is 35.8. The molecule has 0 saturated carbocycles. The summed E-state index contributed by atoms with van der Waals surface area (Å²) in [5.41, 5.74) is 4.66. The Kier molecular flexibility index (Phi) is 32.3. The van der Waals surface area contributed by atoms with E-state index in [2.05, 4.69) is 17.5 Å². The van der Waals surface area contributed by atoms with Crippen molar-refractivity contribution in [3.63, 3.8) is 0 Å². The van der Waals surface area contributed by atoms with Crippen LogP contribution in [-0.4, -0.2) is 204 Å². The Morgan fingerprint density at radius 2 is 0.822 bits per heavy atom. The second kappa shape index (κ2) is 38.4. The molecular formula is C53H79NO18S. The van der Waals surface area contributed by atoms with E-state index in [0.717, 1.165) is 17.8 Å². The monoisotopic (exact) mass is 1050 g/mol. The highest BCUT2D eigenvalue weighted by molar-refractivity contribution is 7.80. The summed E-state index contributed by atoms with van der Waals surface area (Å²) in [5, 5.41) is 0. The summed E-state index contributed by atoms with van der Waals surface area (Å²) in [6.07, 6.45) is 0.781. The third-order valence-electron chi connectivity index (χ3n) is 10.9. The number of methoxy groups -OCH3 is 3. The Balaban J connectivity index is 1.32. The van der Waals surface area contributed by atoms with Gasteiger partial charge in [-0.2, -0.15) is 12.6 Å². The van der Waals surface area contributed by atoms with Crippen molar-refractivity contribution in [3.05, 3.63) is 76.3 Å². The van der Waals surface area contributed by atoms with Crippen LogP contribution in [0.2, 0.25) is 0 Å². The Bertz CT molecular complexity index is 1860. The maximum Gasteiger partial charge on any atom is 0.337 e. The summed E-state index contributed by atoms with van der Waals surface area (Å²) in [7, 11) is 4.60. The van der Waals surface area contributed by atoms with E-state index < -0.39 is 17.9 Å². The number of fused-ring (bicyclic) bond motifs is 2. The van der Waals surface area contributed by atoms with Crippen molar-refractivity contribution < 1.29 is 85.4 Å². The summed E-state index contributed by atoms with van der Waals surface area (Å²) >= 11 is 4.52. The molecule has 0 atom stereocenters. The molecule has 0 N–H and O–H groups in total. The number of ether oxygens (including phenoxy) is 16. The molecule has 4 rings (SSSR count). The molecule has 0 bridgehead atoms. The van der Waals surface area contributed by atoms with Crippen molar-refractivity contribution in [1.82, 2.24) is 0 Å². The van der Waals surface area contributed by atoms with Crippen molar-refractivity contribution >= 4 is 35.9 Å². The number of hydrogen-bond donors (Lipinski definition) is 1. The van der Waals surface area contributed by atoms with Crippen LogP contribution < -0.4 is 19.1 Å². The van der Waals surface area contributed by atoms with Crippen LogP contribution in [0.4, 0.5) is 11.4 Å². The molecule has 3 aromatic carbocycles. The SMILES string of the molecule is COCCOCCOCCOCCOCCOCCOc1ccc2c(c1)C(C(=O)Oc1c(C)cc(C(=O)OC)cc1C)c1cc(OCCOCCOCCOCCOCCOCCOC)ccc1N2CCCS. The summed E-state index contributed by atoms with van der Waals surface area (Å²) in [5.74, 6) is 0.280. The van der Waals surface area contributed by atoms with E-state index in [1.54, 1.807) is 40.2 Å². The predicted molar refractivity (Wildman–Crippen MR) is 276 cm³/mol. The van der Waals surface area contributed by atoms with Gasteiger partial charge in [-0.05, 0) is 96.8 Å². The van der Waals surface area contributed by atoms with Gasteiger partial charge in [-0.25, -0.2) is 4.79 Å². The standard InChI is InChI=1S/C53H79NO18S/c1-41-37-43(52(55)59-5)38-42(2)51(41)72-53(56)50-46-39-44(70-34-32-68-30-28-66-26-24-64-22-20-62-18-16-60-14-12-57-3)7-9-48(46)54(11-6-36-73)49-10-8-45(40-47(49)50)71-35-33-69-31-29-67-27-25-65-23-21-63-19-17-61-15-13-58-4/h7-10,37-40,50,73H,6,11-36H2,1-5H3. The minimum atomic E-state index is -0.880. The van der Waals surface area contributed by atoms with Gasteiger partial charge in [0, 0.05) is 32.1 Å². The molecule has 1 aliphatic rings. The lowest BCUT2D eigenvalue weighted by Gasteiger charge is -2.37. The fourth-order valence-electron chi connectivity index (χ4n) is 7.41. The average Bonchev–Trinajstić information content (AvgIpc) is 3.39. The lowest BCUT2D eigenvalue weighted by atomic mass is 9.84. The predicted octanol–water partition coefficient (Wildman–Crippen LogP) is 5.82. The number of aryl methyl sites for hydroxylation is 2. The topological polar surface area (TPSA) is 185 Å². The molecule has 410 valence electrons. The van der Waals surface area contributed by atoms with E-state index in [9.17, 15) is 9.59 Å². The summed E-state index contributed by atoms with van der Waals surface area (Å²) in [4.78, 5) is 29.4. The van der Waals surface area contributed by atoms with Gasteiger partial charge in [0.1, 0.15) is 36.4 Å². The van der Waals surface area contributed by atoms with Gasteiger partial charge < -0.3 is 80.7 Å². The second-order valence-corrected chi connectivity index (χ2v) is 16.7. The van der Waals surface area contributed by atoms with Crippen molar-refractivity contribution in [1.29, 1.82) is 0 Å². The van der Waals surface area contributed by atoms with Crippen LogP contribution in [0.15, 0.2) is 48.5 Å². The number of thiol groups is 1. The van der Waals surface area contributed by atoms with Crippen LogP contribution in [0.1, 0.15) is 45.0 Å². The van der Waals surface area contributed by atoms with Gasteiger partial charge in [0.25, 0.3) is 0 Å². The van der Waals surface area contributed by atoms with E-state index in [4.69, 9.17) is 75.8 Å². The third kappa shape index (κ3) is 23.5. The lowest BCUT2D eigenvalue weighted by molar-refractivity contribution is -0.135. The Morgan fingerprint density at radius 1 is 0.479 bits per heavy atom. The molecule has 0 saturated heterocycles. The van der Waals surface area contributed by atoms with Gasteiger partial charge in [-0.15, -0.1) is 0 Å². The number of anilines is 2. The zero-order valence-electron chi connectivity index (χ0n) is 43.5. The first-order valence-corrected chi connectivity index (χ1v) is 25.5. The van der Waals surface area contributed by atoms with E-state index in [0.29, 0.717) is 203 Å². The number of carbonyl (C=O) groups excluding carboxylic acids is 2. The molecule has 19 nitrogen and oxygen atoms in total. The zero-order chi connectivity index (χ0) is 52.1. The van der Waals surface area contributed by atoms with Crippen molar-refractivity contribution in [2.24, 2.45) is 0 Å². The van der Waals surface area contributed by atoms with Crippen LogP contribution in [-0.2, 0) is 66.4 Å². The largest absolute Gasteiger partial charge is 0.491 e. The lowest BCUT2D eigenvalue weighted by Crippen LogP contribution is -2.31. The Labute approximate surface area is 436 Å². The molecule has 3 aromatic rings. The molecular weight excluding hydrogens is 971 g/mol. The maximum atomic E-state index is 14.8. The minimum absolute atomic E-state index is 0.267. The molecule has 0 fully saturated rings. The maximum absolute atomic E-state index is 14.8. The molecule has 0 aliphatic carbocycles. The van der Waals surface area contributed by atoms with Gasteiger partial charge in [0.15, 0.2) is 0 Å². The van der Waals surface area contributed by atoms with Crippen LogP contribution in [0.3, 0.4) is 0 Å². The third-order valence-corrected chi connectivity index (χ3v) is 11.2. The molecule has 0 spiro atoms. The highest BCUT2D eigenvalue weighted by Crippen LogP contribution is 2.48. The quantitative estimate of drug-likeness (QED) is 0.0309. The summed E-state index contributed by atoms with van der Waals surface area (Å²) < 4.78 is 89.1. The zero-order valence-corrected chi connectivity index (χ0v) is 44.4. The van der Waals surface area contributed by atoms with Crippen molar-refractivity contribution in [2.75, 3.05) is 197 Å².